The molecule has 0 radical (unpaired) electrons. The van der Waals surface area contributed by atoms with Crippen molar-refractivity contribution in [2.45, 2.75) is 25.8 Å². The lowest BCUT2D eigenvalue weighted by Crippen LogP contribution is -2.38. The highest BCUT2D eigenvalue weighted by Gasteiger charge is 2.14. The Morgan fingerprint density at radius 1 is 1.52 bits per heavy atom. The van der Waals surface area contributed by atoms with Crippen LogP contribution in [0.5, 0.6) is 0 Å². The van der Waals surface area contributed by atoms with Crippen molar-refractivity contribution in [2.24, 2.45) is 0 Å². The van der Waals surface area contributed by atoms with Crippen LogP contribution < -0.4 is 5.32 Å². The van der Waals surface area contributed by atoms with Crippen LogP contribution >= 0.6 is 0 Å². The van der Waals surface area contributed by atoms with Crippen molar-refractivity contribution >= 4 is 5.91 Å². The van der Waals surface area contributed by atoms with E-state index in [-0.39, 0.29) is 29.7 Å². The molecule has 0 saturated heterocycles. The number of benzene rings is 1. The maximum absolute atomic E-state index is 13.8. The molecule has 21 heavy (non-hydrogen) atoms. The van der Waals surface area contributed by atoms with Crippen LogP contribution in [0.3, 0.4) is 0 Å². The molecule has 1 amide bonds. The molecule has 1 rings (SSSR count). The second kappa shape index (κ2) is 9.11. The molecule has 1 aromatic carbocycles. The van der Waals surface area contributed by atoms with Gasteiger partial charge in [-0.15, -0.1) is 0 Å². The molecule has 0 aromatic heterocycles. The van der Waals surface area contributed by atoms with Crippen molar-refractivity contribution < 1.29 is 19.0 Å². The fraction of sp³-hybridized carbons (Fsp3) is 0.438. The molecule has 0 aliphatic rings. The standard InChI is InChI=1S/C16H20FNO3/c1-3-5-14(11-21-2)18-16(20)13-8-7-12(6-4-9-19)15(17)10-13/h7-8,10,14,19H,3,5,9,11H2,1-2H3,(H,18,20). The van der Waals surface area contributed by atoms with Gasteiger partial charge in [0.15, 0.2) is 0 Å². The molecule has 1 unspecified atom stereocenters. The van der Waals surface area contributed by atoms with E-state index in [1.807, 2.05) is 6.92 Å². The number of carbonyl (C=O) groups is 1. The molecule has 0 bridgehead atoms. The summed E-state index contributed by atoms with van der Waals surface area (Å²) >= 11 is 0. The largest absolute Gasteiger partial charge is 0.384 e. The summed E-state index contributed by atoms with van der Waals surface area (Å²) in [6.45, 7) is 2.10. The molecule has 0 aliphatic heterocycles. The number of hydrogen-bond donors (Lipinski definition) is 2. The summed E-state index contributed by atoms with van der Waals surface area (Å²) in [5, 5.41) is 11.4. The number of ether oxygens (including phenoxy) is 1. The second-order valence-electron chi connectivity index (χ2n) is 4.57. The van der Waals surface area contributed by atoms with Gasteiger partial charge in [-0.05, 0) is 24.6 Å². The van der Waals surface area contributed by atoms with E-state index in [0.29, 0.717) is 6.61 Å². The molecule has 0 spiro atoms. The summed E-state index contributed by atoms with van der Waals surface area (Å²) < 4.78 is 18.8. The van der Waals surface area contributed by atoms with Gasteiger partial charge < -0.3 is 15.2 Å². The first-order valence-electron chi connectivity index (χ1n) is 6.81. The van der Waals surface area contributed by atoms with E-state index in [2.05, 4.69) is 17.2 Å². The first-order chi connectivity index (χ1) is 10.1. The van der Waals surface area contributed by atoms with Gasteiger partial charge in [0.2, 0.25) is 0 Å². The van der Waals surface area contributed by atoms with Gasteiger partial charge in [0.25, 0.3) is 5.91 Å². The fourth-order valence-electron chi connectivity index (χ4n) is 1.91. The van der Waals surface area contributed by atoms with E-state index in [9.17, 15) is 9.18 Å². The zero-order valence-electron chi connectivity index (χ0n) is 12.3. The molecule has 1 aromatic rings. The van der Waals surface area contributed by atoms with Gasteiger partial charge in [0, 0.05) is 12.7 Å². The van der Waals surface area contributed by atoms with Crippen LogP contribution in [0.4, 0.5) is 4.39 Å². The summed E-state index contributed by atoms with van der Waals surface area (Å²) in [7, 11) is 1.57. The third-order valence-electron chi connectivity index (χ3n) is 2.87. The molecule has 0 saturated carbocycles. The van der Waals surface area contributed by atoms with Gasteiger partial charge in [-0.1, -0.05) is 25.2 Å². The highest BCUT2D eigenvalue weighted by atomic mass is 19.1. The second-order valence-corrected chi connectivity index (χ2v) is 4.57. The first kappa shape index (κ1) is 17.2. The van der Waals surface area contributed by atoms with Crippen LogP contribution in [0.2, 0.25) is 0 Å². The Morgan fingerprint density at radius 3 is 2.86 bits per heavy atom. The maximum atomic E-state index is 13.8. The van der Waals surface area contributed by atoms with Crippen LogP contribution in [-0.4, -0.2) is 37.4 Å². The van der Waals surface area contributed by atoms with Gasteiger partial charge in [0.1, 0.15) is 12.4 Å². The van der Waals surface area contributed by atoms with Crippen LogP contribution in [0.15, 0.2) is 18.2 Å². The predicted octanol–water partition coefficient (Wildman–Crippen LogP) is 1.71. The quantitative estimate of drug-likeness (QED) is 0.785. The Balaban J connectivity index is 2.80. The van der Waals surface area contributed by atoms with Crippen molar-refractivity contribution in [2.75, 3.05) is 20.3 Å². The Bertz CT molecular complexity index is 528. The van der Waals surface area contributed by atoms with E-state index in [4.69, 9.17) is 9.84 Å². The zero-order chi connectivity index (χ0) is 15.7. The molecule has 1 atom stereocenters. The normalized spacial score (nSPS) is 11.4. The Hall–Kier alpha value is -1.90. The number of aliphatic hydroxyl groups excluding tert-OH is 1. The van der Waals surface area contributed by atoms with E-state index in [1.54, 1.807) is 7.11 Å². The smallest absolute Gasteiger partial charge is 0.251 e. The monoisotopic (exact) mass is 293 g/mol. The maximum Gasteiger partial charge on any atom is 0.251 e. The van der Waals surface area contributed by atoms with Crippen LogP contribution in [0.1, 0.15) is 35.7 Å². The molecule has 0 heterocycles. The Kier molecular flexibility index (Phi) is 7.44. The van der Waals surface area contributed by atoms with E-state index >= 15 is 0 Å². The summed E-state index contributed by atoms with van der Waals surface area (Å²) in [6.07, 6.45) is 1.71. The predicted molar refractivity (Wildman–Crippen MR) is 78.4 cm³/mol. The molecule has 114 valence electrons. The minimum atomic E-state index is -0.581. The lowest BCUT2D eigenvalue weighted by Gasteiger charge is -2.17. The molecular weight excluding hydrogens is 273 g/mol. The minimum absolute atomic E-state index is 0.0931. The molecule has 4 nitrogen and oxygen atoms in total. The summed E-state index contributed by atoms with van der Waals surface area (Å²) in [6, 6.07) is 3.99. The minimum Gasteiger partial charge on any atom is -0.384 e. The lowest BCUT2D eigenvalue weighted by molar-refractivity contribution is 0.0891. The van der Waals surface area contributed by atoms with E-state index < -0.39 is 5.82 Å². The molecule has 0 fully saturated rings. The van der Waals surface area contributed by atoms with Crippen molar-refractivity contribution in [3.63, 3.8) is 0 Å². The number of aliphatic hydroxyl groups is 1. The fourth-order valence-corrected chi connectivity index (χ4v) is 1.91. The van der Waals surface area contributed by atoms with Crippen molar-refractivity contribution in [1.29, 1.82) is 0 Å². The number of rotatable bonds is 6. The van der Waals surface area contributed by atoms with Gasteiger partial charge in [-0.2, -0.15) is 0 Å². The molecule has 2 N–H and O–H groups in total. The van der Waals surface area contributed by atoms with Gasteiger partial charge in [-0.3, -0.25) is 4.79 Å². The summed E-state index contributed by atoms with van der Waals surface area (Å²) in [5.41, 5.74) is 0.391. The van der Waals surface area contributed by atoms with Gasteiger partial charge in [0.05, 0.1) is 18.2 Å². The zero-order valence-corrected chi connectivity index (χ0v) is 12.3. The average molecular weight is 293 g/mol. The van der Waals surface area contributed by atoms with Crippen molar-refractivity contribution in [3.05, 3.63) is 35.1 Å². The number of carbonyl (C=O) groups excluding carboxylic acids is 1. The Morgan fingerprint density at radius 2 is 2.29 bits per heavy atom. The first-order valence-corrected chi connectivity index (χ1v) is 6.81. The number of amides is 1. The van der Waals surface area contributed by atoms with Crippen LogP contribution in [0.25, 0.3) is 0 Å². The third-order valence-corrected chi connectivity index (χ3v) is 2.87. The van der Waals surface area contributed by atoms with Gasteiger partial charge in [-0.25, -0.2) is 4.39 Å². The highest BCUT2D eigenvalue weighted by molar-refractivity contribution is 5.94. The van der Waals surface area contributed by atoms with Gasteiger partial charge >= 0.3 is 0 Å². The summed E-state index contributed by atoms with van der Waals surface area (Å²) in [5.74, 6) is 3.93. The molecule has 5 heteroatoms. The molecular formula is C16H20FNO3. The average Bonchev–Trinajstić information content (AvgIpc) is 2.46. The van der Waals surface area contributed by atoms with Crippen LogP contribution in [-0.2, 0) is 4.74 Å². The number of hydrogen-bond acceptors (Lipinski definition) is 3. The number of methoxy groups -OCH3 is 1. The van der Waals surface area contributed by atoms with E-state index in [0.717, 1.165) is 18.9 Å². The molecule has 0 aliphatic carbocycles. The SMILES string of the molecule is CCCC(COC)NC(=O)c1ccc(C#CCO)c(F)c1. The summed E-state index contributed by atoms with van der Waals surface area (Å²) in [4.78, 5) is 12.1. The number of nitrogens with one attached hydrogen (secondary N) is 1. The van der Waals surface area contributed by atoms with Crippen LogP contribution in [0, 0.1) is 17.7 Å². The van der Waals surface area contributed by atoms with Crippen molar-refractivity contribution in [3.8, 4) is 11.8 Å². The van der Waals surface area contributed by atoms with Crippen molar-refractivity contribution in [1.82, 2.24) is 5.32 Å². The highest BCUT2D eigenvalue weighted by Crippen LogP contribution is 2.10. The third kappa shape index (κ3) is 5.54. The van der Waals surface area contributed by atoms with E-state index in [1.165, 1.54) is 12.1 Å². The number of halogens is 1. The topological polar surface area (TPSA) is 58.6 Å². The lowest BCUT2D eigenvalue weighted by atomic mass is 10.1. The Labute approximate surface area is 124 Å².